The predicted octanol–water partition coefficient (Wildman–Crippen LogP) is 2.44. The quantitative estimate of drug-likeness (QED) is 0.487. The predicted molar refractivity (Wildman–Crippen MR) is 73.8 cm³/mol. The first-order valence-electron chi connectivity index (χ1n) is 7.17. The van der Waals surface area contributed by atoms with E-state index >= 15 is 0 Å². The number of hydrogen-bond donors (Lipinski definition) is 1. The van der Waals surface area contributed by atoms with Crippen molar-refractivity contribution in [1.29, 1.82) is 0 Å². The highest BCUT2D eigenvalue weighted by Gasteiger charge is 2.24. The van der Waals surface area contributed by atoms with Gasteiger partial charge in [0.15, 0.2) is 6.23 Å². The smallest absolute Gasteiger partial charge is 0.332 e. The Morgan fingerprint density at radius 2 is 2.00 bits per heavy atom. The molecule has 0 spiro atoms. The molecule has 0 radical (unpaired) electrons. The summed E-state index contributed by atoms with van der Waals surface area (Å²) < 4.78 is 5.21. The normalized spacial score (nSPS) is 20.8. The third kappa shape index (κ3) is 4.11. The number of carbonyl (C=O) groups excluding carboxylic acids is 2. The highest BCUT2D eigenvalue weighted by atomic mass is 16.6. The second-order valence-corrected chi connectivity index (χ2v) is 5.26. The Kier molecular flexibility index (Phi) is 4.82. The fourth-order valence-electron chi connectivity index (χ4n) is 2.24. The zero-order valence-corrected chi connectivity index (χ0v) is 11.8. The van der Waals surface area contributed by atoms with Gasteiger partial charge < -0.3 is 14.7 Å². The number of allylic oxidation sites excluding steroid dienone is 2. The molecule has 5 heteroatoms. The van der Waals surface area contributed by atoms with Gasteiger partial charge in [-0.25, -0.2) is 4.79 Å². The van der Waals surface area contributed by atoms with Crippen molar-refractivity contribution in [3.05, 3.63) is 23.5 Å². The number of hydrogen-bond acceptors (Lipinski definition) is 4. The number of rotatable bonds is 4. The summed E-state index contributed by atoms with van der Waals surface area (Å²) in [6.07, 6.45) is 7.19. The molecule has 110 valence electrons. The molecular formula is C15H21NO4. The largest absolute Gasteiger partial charge is 0.508 e. The summed E-state index contributed by atoms with van der Waals surface area (Å²) in [7, 11) is 0. The van der Waals surface area contributed by atoms with E-state index < -0.39 is 12.2 Å². The first-order chi connectivity index (χ1) is 9.58. The number of aliphatic hydroxyl groups is 1. The number of nitrogens with zero attached hydrogens (tertiary/aromatic N) is 1. The molecule has 0 aromatic rings. The van der Waals surface area contributed by atoms with E-state index in [9.17, 15) is 14.7 Å². The van der Waals surface area contributed by atoms with E-state index in [4.69, 9.17) is 4.74 Å². The summed E-state index contributed by atoms with van der Waals surface area (Å²) >= 11 is 0. The van der Waals surface area contributed by atoms with Crippen molar-refractivity contribution in [1.82, 2.24) is 4.90 Å². The molecule has 1 aliphatic heterocycles. The molecule has 2 rings (SSSR count). The summed E-state index contributed by atoms with van der Waals surface area (Å²) in [5.74, 6) is -0.350. The lowest BCUT2D eigenvalue weighted by molar-refractivity contribution is -0.158. The van der Waals surface area contributed by atoms with E-state index in [0.29, 0.717) is 13.0 Å². The molecular weight excluding hydrogens is 258 g/mol. The Hall–Kier alpha value is -1.78. The van der Waals surface area contributed by atoms with Crippen LogP contribution >= 0.6 is 0 Å². The molecule has 0 aromatic carbocycles. The monoisotopic (exact) mass is 279 g/mol. The zero-order valence-electron chi connectivity index (χ0n) is 11.8. The summed E-state index contributed by atoms with van der Waals surface area (Å²) in [5.41, 5.74) is 0.963. The van der Waals surface area contributed by atoms with Gasteiger partial charge in [0.1, 0.15) is 5.76 Å². The van der Waals surface area contributed by atoms with Gasteiger partial charge in [-0.05, 0) is 44.3 Å². The summed E-state index contributed by atoms with van der Waals surface area (Å²) in [6, 6.07) is 0. The maximum absolute atomic E-state index is 11.9. The fraction of sp³-hybridized carbons (Fsp3) is 0.600. The molecule has 0 aromatic heterocycles. The second-order valence-electron chi connectivity index (χ2n) is 5.26. The van der Waals surface area contributed by atoms with Gasteiger partial charge >= 0.3 is 5.97 Å². The first-order valence-corrected chi connectivity index (χ1v) is 7.17. The Morgan fingerprint density at radius 3 is 2.70 bits per heavy atom. The lowest BCUT2D eigenvalue weighted by atomic mass is 10.2. The number of amides is 1. The van der Waals surface area contributed by atoms with E-state index in [1.54, 1.807) is 11.8 Å². The molecule has 2 aliphatic rings. The van der Waals surface area contributed by atoms with Gasteiger partial charge in [0.2, 0.25) is 5.91 Å². The van der Waals surface area contributed by atoms with Gasteiger partial charge in [0, 0.05) is 19.0 Å². The zero-order chi connectivity index (χ0) is 14.5. The molecule has 1 saturated carbocycles. The van der Waals surface area contributed by atoms with Crippen molar-refractivity contribution in [3.8, 4) is 0 Å². The molecule has 1 saturated heterocycles. The van der Waals surface area contributed by atoms with Crippen LogP contribution in [0.15, 0.2) is 23.5 Å². The molecule has 5 nitrogen and oxygen atoms in total. The summed E-state index contributed by atoms with van der Waals surface area (Å²) in [4.78, 5) is 25.1. The molecule has 0 bridgehead atoms. The third-order valence-electron chi connectivity index (χ3n) is 3.58. The van der Waals surface area contributed by atoms with Crippen LogP contribution < -0.4 is 0 Å². The SMILES string of the molecule is CC(OC(=O)/C=C\C(O)=C1CC1)N1CCCCCC1=O. The summed E-state index contributed by atoms with van der Waals surface area (Å²) in [6.45, 7) is 2.33. The standard InChI is InChI=1S/C15H21NO4/c1-11(16-10-4-2-3-5-14(16)18)20-15(19)9-8-13(17)12-6-7-12/h8-9,11,17H,2-7,10H2,1H3/b9-8-. The molecule has 1 atom stereocenters. The van der Waals surface area contributed by atoms with E-state index in [-0.39, 0.29) is 11.7 Å². The van der Waals surface area contributed by atoms with Crippen molar-refractivity contribution in [2.24, 2.45) is 0 Å². The number of aliphatic hydroxyl groups excluding tert-OH is 1. The number of ether oxygens (including phenoxy) is 1. The van der Waals surface area contributed by atoms with Crippen molar-refractivity contribution < 1.29 is 19.4 Å². The Morgan fingerprint density at radius 1 is 1.25 bits per heavy atom. The van der Waals surface area contributed by atoms with Crippen LogP contribution in [0.1, 0.15) is 45.4 Å². The minimum Gasteiger partial charge on any atom is -0.508 e. The number of esters is 1. The topological polar surface area (TPSA) is 66.8 Å². The van der Waals surface area contributed by atoms with Gasteiger partial charge in [0.25, 0.3) is 0 Å². The minimum atomic E-state index is -0.562. The van der Waals surface area contributed by atoms with Crippen LogP contribution in [0.25, 0.3) is 0 Å². The molecule has 1 unspecified atom stereocenters. The summed E-state index contributed by atoms with van der Waals surface area (Å²) in [5, 5.41) is 9.52. The van der Waals surface area contributed by atoms with Crippen molar-refractivity contribution in [2.75, 3.05) is 6.54 Å². The van der Waals surface area contributed by atoms with Crippen LogP contribution in [-0.2, 0) is 14.3 Å². The van der Waals surface area contributed by atoms with E-state index in [0.717, 1.165) is 37.7 Å². The Labute approximate surface area is 118 Å². The molecule has 1 aliphatic carbocycles. The second kappa shape index (κ2) is 6.59. The highest BCUT2D eigenvalue weighted by molar-refractivity contribution is 5.83. The molecule has 2 fully saturated rings. The van der Waals surface area contributed by atoms with Gasteiger partial charge in [-0.1, -0.05) is 6.42 Å². The van der Waals surface area contributed by atoms with Crippen LogP contribution in [0, 0.1) is 0 Å². The van der Waals surface area contributed by atoms with Crippen LogP contribution in [0.5, 0.6) is 0 Å². The van der Waals surface area contributed by atoms with Gasteiger partial charge in [-0.2, -0.15) is 0 Å². The van der Waals surface area contributed by atoms with Crippen LogP contribution in [0.2, 0.25) is 0 Å². The van der Waals surface area contributed by atoms with Crippen molar-refractivity contribution in [2.45, 2.75) is 51.7 Å². The van der Waals surface area contributed by atoms with Crippen LogP contribution in [-0.4, -0.2) is 34.7 Å². The Balaban J connectivity index is 1.86. The van der Waals surface area contributed by atoms with Gasteiger partial charge in [-0.3, -0.25) is 4.79 Å². The maximum atomic E-state index is 11.9. The minimum absolute atomic E-state index is 0.0368. The lowest BCUT2D eigenvalue weighted by Crippen LogP contribution is -2.40. The van der Waals surface area contributed by atoms with Gasteiger partial charge in [0.05, 0.1) is 0 Å². The molecule has 1 heterocycles. The molecule has 1 N–H and O–H groups in total. The Bertz CT molecular complexity index is 447. The van der Waals surface area contributed by atoms with Crippen LogP contribution in [0.4, 0.5) is 0 Å². The van der Waals surface area contributed by atoms with E-state index in [1.165, 1.54) is 12.2 Å². The molecule has 1 amide bonds. The number of likely N-dealkylation sites (tertiary alicyclic amines) is 1. The van der Waals surface area contributed by atoms with Crippen LogP contribution in [0.3, 0.4) is 0 Å². The average molecular weight is 279 g/mol. The maximum Gasteiger partial charge on any atom is 0.332 e. The number of carbonyl (C=O) groups is 2. The van der Waals surface area contributed by atoms with Crippen molar-refractivity contribution >= 4 is 11.9 Å². The van der Waals surface area contributed by atoms with Crippen molar-refractivity contribution in [3.63, 3.8) is 0 Å². The average Bonchev–Trinajstić information content (AvgIpc) is 3.23. The highest BCUT2D eigenvalue weighted by Crippen LogP contribution is 2.30. The van der Waals surface area contributed by atoms with E-state index in [1.807, 2.05) is 0 Å². The molecule has 20 heavy (non-hydrogen) atoms. The lowest BCUT2D eigenvalue weighted by Gasteiger charge is -2.27. The first kappa shape index (κ1) is 14.6. The fourth-order valence-corrected chi connectivity index (χ4v) is 2.24. The third-order valence-corrected chi connectivity index (χ3v) is 3.58. The van der Waals surface area contributed by atoms with E-state index in [2.05, 4.69) is 0 Å². The van der Waals surface area contributed by atoms with Gasteiger partial charge in [-0.15, -0.1) is 0 Å².